The van der Waals surface area contributed by atoms with E-state index in [1.54, 1.807) is 6.07 Å². The molecular formula is C24H30BrN5O. The monoisotopic (exact) mass is 483 g/mol. The molecule has 3 aromatic rings. The number of nitrogens with zero attached hydrogens (tertiary/aromatic N) is 3. The van der Waals surface area contributed by atoms with Crippen LogP contribution in [0.5, 0.6) is 5.75 Å². The quantitative estimate of drug-likeness (QED) is 0.442. The average Bonchev–Trinajstić information content (AvgIpc) is 2.76. The first-order chi connectivity index (χ1) is 15.0. The molecule has 164 valence electrons. The van der Waals surface area contributed by atoms with Crippen molar-refractivity contribution in [2.45, 2.75) is 38.3 Å². The summed E-state index contributed by atoms with van der Waals surface area (Å²) in [7, 11) is 4.04. The van der Waals surface area contributed by atoms with Crippen LogP contribution in [0.15, 0.2) is 46.9 Å². The van der Waals surface area contributed by atoms with Crippen molar-refractivity contribution in [2.24, 2.45) is 5.92 Å². The summed E-state index contributed by atoms with van der Waals surface area (Å²) in [6.45, 7) is 1.65. The molecule has 3 N–H and O–H groups in total. The van der Waals surface area contributed by atoms with E-state index in [0.29, 0.717) is 30.2 Å². The number of hydrogen-bond acceptors (Lipinski definition) is 6. The van der Waals surface area contributed by atoms with E-state index < -0.39 is 0 Å². The number of aromatic hydroxyl groups is 1. The Bertz CT molecular complexity index is 1030. The lowest BCUT2D eigenvalue weighted by Gasteiger charge is -2.29. The topological polar surface area (TPSA) is 73.3 Å². The van der Waals surface area contributed by atoms with E-state index in [0.717, 1.165) is 46.1 Å². The average molecular weight is 484 g/mol. The highest BCUT2D eigenvalue weighted by atomic mass is 79.9. The van der Waals surface area contributed by atoms with Crippen LogP contribution in [0, 0.1) is 5.92 Å². The third kappa shape index (κ3) is 5.46. The summed E-state index contributed by atoms with van der Waals surface area (Å²) in [6, 6.07) is 14.1. The minimum Gasteiger partial charge on any atom is -0.508 e. The Morgan fingerprint density at radius 3 is 2.61 bits per heavy atom. The molecule has 1 aliphatic rings. The number of phenols is 1. The van der Waals surface area contributed by atoms with Gasteiger partial charge in [0.15, 0.2) is 0 Å². The van der Waals surface area contributed by atoms with E-state index in [4.69, 9.17) is 9.97 Å². The zero-order valence-electron chi connectivity index (χ0n) is 18.1. The summed E-state index contributed by atoms with van der Waals surface area (Å²) in [5.41, 5.74) is 1.90. The first kappa shape index (κ1) is 21.8. The van der Waals surface area contributed by atoms with Gasteiger partial charge in [0.25, 0.3) is 0 Å². The van der Waals surface area contributed by atoms with Crippen molar-refractivity contribution in [3.05, 3.63) is 52.5 Å². The Morgan fingerprint density at radius 1 is 1.06 bits per heavy atom. The Labute approximate surface area is 192 Å². The highest BCUT2D eigenvalue weighted by Crippen LogP contribution is 2.28. The van der Waals surface area contributed by atoms with Gasteiger partial charge in [0.05, 0.1) is 5.52 Å². The molecule has 0 spiro atoms. The molecule has 0 unspecified atom stereocenters. The Morgan fingerprint density at radius 2 is 1.84 bits per heavy atom. The molecule has 0 aliphatic heterocycles. The van der Waals surface area contributed by atoms with Crippen molar-refractivity contribution in [3.63, 3.8) is 0 Å². The lowest BCUT2D eigenvalue weighted by atomic mass is 9.86. The Kier molecular flexibility index (Phi) is 6.92. The molecule has 6 nitrogen and oxygen atoms in total. The predicted molar refractivity (Wildman–Crippen MR) is 131 cm³/mol. The molecule has 1 aromatic heterocycles. The molecule has 4 rings (SSSR count). The summed E-state index contributed by atoms with van der Waals surface area (Å²) >= 11 is 3.47. The fourth-order valence-electron chi connectivity index (χ4n) is 4.27. The van der Waals surface area contributed by atoms with Crippen LogP contribution < -0.4 is 15.5 Å². The number of hydrogen-bond donors (Lipinski definition) is 3. The summed E-state index contributed by atoms with van der Waals surface area (Å²) < 4.78 is 0.988. The van der Waals surface area contributed by atoms with Crippen LogP contribution in [-0.2, 0) is 6.54 Å². The minimum atomic E-state index is 0.344. The van der Waals surface area contributed by atoms with Gasteiger partial charge in [-0.1, -0.05) is 28.1 Å². The van der Waals surface area contributed by atoms with E-state index in [1.165, 1.54) is 12.8 Å². The number of nitrogens with one attached hydrogen (secondary N) is 2. The van der Waals surface area contributed by atoms with Gasteiger partial charge in [-0.3, -0.25) is 0 Å². The van der Waals surface area contributed by atoms with Gasteiger partial charge in [-0.2, -0.15) is 4.98 Å². The molecule has 1 aliphatic carbocycles. The zero-order chi connectivity index (χ0) is 21.8. The zero-order valence-corrected chi connectivity index (χ0v) is 19.7. The maximum Gasteiger partial charge on any atom is 0.225 e. The van der Waals surface area contributed by atoms with Crippen LogP contribution in [-0.4, -0.2) is 41.8 Å². The molecule has 1 heterocycles. The van der Waals surface area contributed by atoms with Gasteiger partial charge in [0.2, 0.25) is 5.95 Å². The van der Waals surface area contributed by atoms with E-state index in [-0.39, 0.29) is 0 Å². The van der Waals surface area contributed by atoms with Crippen LogP contribution >= 0.6 is 15.9 Å². The number of rotatable bonds is 7. The second-order valence-corrected chi connectivity index (χ2v) is 9.46. The number of halogens is 1. The van der Waals surface area contributed by atoms with Crippen molar-refractivity contribution < 1.29 is 5.11 Å². The van der Waals surface area contributed by atoms with Crippen molar-refractivity contribution in [3.8, 4) is 5.75 Å². The standard InChI is InChI=1S/C24H30BrN5O/c1-30(2)23-20-5-3-4-6-21(20)28-24(29-23)27-19-10-7-16(8-11-19)14-26-15-17-13-18(25)9-12-22(17)31/h3-6,9,12-13,16,19,26,31H,7-8,10-11,14-15H2,1-2H3,(H,27,28,29)/t16-,19+. The Hall–Kier alpha value is -2.38. The fraction of sp³-hybridized carbons (Fsp3) is 0.417. The van der Waals surface area contributed by atoms with Gasteiger partial charge >= 0.3 is 0 Å². The number of anilines is 2. The van der Waals surface area contributed by atoms with Gasteiger partial charge in [-0.15, -0.1) is 0 Å². The maximum absolute atomic E-state index is 9.98. The summed E-state index contributed by atoms with van der Waals surface area (Å²) in [4.78, 5) is 11.6. The molecule has 7 heteroatoms. The first-order valence-corrected chi connectivity index (χ1v) is 11.7. The largest absolute Gasteiger partial charge is 0.508 e. The molecule has 2 aromatic carbocycles. The number of benzene rings is 2. The van der Waals surface area contributed by atoms with Crippen LogP contribution in [0.25, 0.3) is 10.9 Å². The van der Waals surface area contributed by atoms with Crippen LogP contribution in [0.2, 0.25) is 0 Å². The van der Waals surface area contributed by atoms with Gasteiger partial charge in [-0.05, 0) is 68.5 Å². The lowest BCUT2D eigenvalue weighted by Crippen LogP contribution is -2.31. The van der Waals surface area contributed by atoms with Crippen LogP contribution in [0.1, 0.15) is 31.2 Å². The molecule has 0 atom stereocenters. The Balaban J connectivity index is 1.30. The maximum atomic E-state index is 9.98. The van der Waals surface area contributed by atoms with Gasteiger partial charge in [-0.25, -0.2) is 4.98 Å². The molecule has 31 heavy (non-hydrogen) atoms. The normalized spacial score (nSPS) is 18.8. The summed E-state index contributed by atoms with van der Waals surface area (Å²) in [5, 5.41) is 18.1. The number of phenolic OH excluding ortho intramolecular Hbond substituents is 1. The van der Waals surface area contributed by atoms with Crippen molar-refractivity contribution in [1.29, 1.82) is 0 Å². The summed E-state index contributed by atoms with van der Waals surface area (Å²) in [5.74, 6) is 2.66. The third-order valence-electron chi connectivity index (χ3n) is 5.98. The molecule has 0 bridgehead atoms. The van der Waals surface area contributed by atoms with Crippen LogP contribution in [0.3, 0.4) is 0 Å². The summed E-state index contributed by atoms with van der Waals surface area (Å²) in [6.07, 6.45) is 4.57. The molecule has 0 radical (unpaired) electrons. The van der Waals surface area contributed by atoms with Gasteiger partial charge in [0.1, 0.15) is 11.6 Å². The third-order valence-corrected chi connectivity index (χ3v) is 6.47. The number of para-hydroxylation sites is 1. The smallest absolute Gasteiger partial charge is 0.225 e. The van der Waals surface area contributed by atoms with E-state index >= 15 is 0 Å². The SMILES string of the molecule is CN(C)c1nc(N[C@H]2CC[C@@H](CNCc3cc(Br)ccc3O)CC2)nc2ccccc12. The van der Waals surface area contributed by atoms with Crippen molar-refractivity contribution in [2.75, 3.05) is 30.9 Å². The second kappa shape index (κ2) is 9.83. The predicted octanol–water partition coefficient (Wildman–Crippen LogP) is 4.92. The molecular weight excluding hydrogens is 454 g/mol. The first-order valence-electron chi connectivity index (χ1n) is 10.9. The van der Waals surface area contributed by atoms with Crippen molar-refractivity contribution in [1.82, 2.24) is 15.3 Å². The minimum absolute atomic E-state index is 0.344. The molecule has 1 fully saturated rings. The highest BCUT2D eigenvalue weighted by Gasteiger charge is 2.22. The molecule has 1 saturated carbocycles. The fourth-order valence-corrected chi connectivity index (χ4v) is 4.67. The number of aromatic nitrogens is 2. The number of fused-ring (bicyclic) bond motifs is 1. The van der Waals surface area contributed by atoms with Crippen LogP contribution in [0.4, 0.5) is 11.8 Å². The van der Waals surface area contributed by atoms with Gasteiger partial charge < -0.3 is 20.6 Å². The van der Waals surface area contributed by atoms with Crippen molar-refractivity contribution >= 4 is 38.6 Å². The second-order valence-electron chi connectivity index (χ2n) is 8.55. The van der Waals surface area contributed by atoms with E-state index in [9.17, 15) is 5.11 Å². The molecule has 0 saturated heterocycles. The van der Waals surface area contributed by atoms with E-state index in [2.05, 4.69) is 32.6 Å². The lowest BCUT2D eigenvalue weighted by molar-refractivity contribution is 0.323. The highest BCUT2D eigenvalue weighted by molar-refractivity contribution is 9.10. The van der Waals surface area contributed by atoms with E-state index in [1.807, 2.05) is 49.3 Å². The molecule has 0 amide bonds. The van der Waals surface area contributed by atoms with Gasteiger partial charge in [0, 0.05) is 42.1 Å².